The van der Waals surface area contributed by atoms with E-state index in [1.54, 1.807) is 28.8 Å². The summed E-state index contributed by atoms with van der Waals surface area (Å²) in [5.41, 5.74) is 0.323. The van der Waals surface area contributed by atoms with Crippen molar-refractivity contribution >= 4 is 22.7 Å². The van der Waals surface area contributed by atoms with Gasteiger partial charge in [0.2, 0.25) is 5.43 Å². The summed E-state index contributed by atoms with van der Waals surface area (Å²) in [7, 11) is 0. The third kappa shape index (κ3) is 3.22. The molecule has 8 heteroatoms. The predicted molar refractivity (Wildman–Crippen MR) is 106 cm³/mol. The zero-order chi connectivity index (χ0) is 20.5. The Morgan fingerprint density at radius 1 is 1.14 bits per heavy atom. The predicted octanol–water partition coefficient (Wildman–Crippen LogP) is 2.11. The monoisotopic (exact) mass is 392 g/mol. The first-order chi connectivity index (χ1) is 14.0. The van der Waals surface area contributed by atoms with Gasteiger partial charge < -0.3 is 15.3 Å². The topological polar surface area (TPSA) is 98.4 Å². The van der Waals surface area contributed by atoms with Gasteiger partial charge in [-0.2, -0.15) is 5.26 Å². The lowest BCUT2D eigenvalue weighted by molar-refractivity contribution is 0.0695. The normalized spacial score (nSPS) is 14.0. The van der Waals surface area contributed by atoms with Crippen LogP contribution in [0.5, 0.6) is 0 Å². The van der Waals surface area contributed by atoms with Crippen LogP contribution in [0, 0.1) is 17.1 Å². The summed E-state index contributed by atoms with van der Waals surface area (Å²) in [6.07, 6.45) is 0. The summed E-state index contributed by atoms with van der Waals surface area (Å²) in [5, 5.41) is 22.1. The molecule has 0 atom stereocenters. The van der Waals surface area contributed by atoms with Crippen LogP contribution >= 0.6 is 0 Å². The van der Waals surface area contributed by atoms with Crippen LogP contribution in [-0.2, 0) is 0 Å². The van der Waals surface area contributed by atoms with Gasteiger partial charge in [0.25, 0.3) is 0 Å². The Bertz CT molecular complexity index is 1210. The lowest BCUT2D eigenvalue weighted by atomic mass is 10.1. The minimum atomic E-state index is -1.36. The van der Waals surface area contributed by atoms with Crippen LogP contribution in [0.4, 0.5) is 10.2 Å². The molecule has 2 N–H and O–H groups in total. The van der Waals surface area contributed by atoms with Crippen LogP contribution < -0.4 is 15.6 Å². The van der Waals surface area contributed by atoms with Crippen molar-refractivity contribution in [2.45, 2.75) is 0 Å². The van der Waals surface area contributed by atoms with Gasteiger partial charge in [0.1, 0.15) is 17.2 Å². The molecule has 1 aliphatic heterocycles. The molecule has 1 aliphatic rings. The molecule has 2 aromatic carbocycles. The number of nitrogens with one attached hydrogen (secondary N) is 1. The van der Waals surface area contributed by atoms with E-state index in [1.165, 1.54) is 12.1 Å². The molecular formula is C21H17FN4O3. The van der Waals surface area contributed by atoms with Crippen LogP contribution in [0.3, 0.4) is 0 Å². The third-order valence-electron chi connectivity index (χ3n) is 4.99. The SMILES string of the molecule is N#Cc1ccc(-n2c(N3CCNCC3)c(C(=O)O)c(=O)c3cc(F)ccc32)cc1. The Morgan fingerprint density at radius 2 is 1.83 bits per heavy atom. The molecule has 1 aromatic heterocycles. The van der Waals surface area contributed by atoms with Crippen molar-refractivity contribution in [2.75, 3.05) is 31.1 Å². The zero-order valence-corrected chi connectivity index (χ0v) is 15.4. The average molecular weight is 392 g/mol. The van der Waals surface area contributed by atoms with Gasteiger partial charge >= 0.3 is 5.97 Å². The molecule has 0 aliphatic carbocycles. The van der Waals surface area contributed by atoms with E-state index in [1.807, 2.05) is 11.0 Å². The standard InChI is InChI=1S/C21H17FN4O3/c22-14-3-6-17-16(11-14)19(27)18(21(28)29)20(25-9-7-24-8-10-25)26(17)15-4-1-13(12-23)2-5-15/h1-6,11,24H,7-10H2,(H,28,29). The molecule has 2 heterocycles. The van der Waals surface area contributed by atoms with Crippen molar-refractivity contribution in [3.8, 4) is 11.8 Å². The highest BCUT2D eigenvalue weighted by molar-refractivity contribution is 5.99. The number of anilines is 1. The minimum absolute atomic E-state index is 0.00866. The second-order valence-electron chi connectivity index (χ2n) is 6.73. The van der Waals surface area contributed by atoms with Crippen molar-refractivity contribution in [3.05, 3.63) is 69.6 Å². The van der Waals surface area contributed by atoms with Gasteiger partial charge in [-0.15, -0.1) is 0 Å². The molecule has 7 nitrogen and oxygen atoms in total. The highest BCUT2D eigenvalue weighted by Crippen LogP contribution is 2.29. The zero-order valence-electron chi connectivity index (χ0n) is 15.4. The number of aromatic nitrogens is 1. The average Bonchev–Trinajstić information content (AvgIpc) is 2.74. The smallest absolute Gasteiger partial charge is 0.343 e. The summed E-state index contributed by atoms with van der Waals surface area (Å²) in [5.74, 6) is -1.72. The number of rotatable bonds is 3. The molecule has 0 radical (unpaired) electrons. The molecule has 0 unspecified atom stereocenters. The molecule has 0 spiro atoms. The Morgan fingerprint density at radius 3 is 2.45 bits per heavy atom. The highest BCUT2D eigenvalue weighted by Gasteiger charge is 2.28. The van der Waals surface area contributed by atoms with Gasteiger partial charge in [-0.3, -0.25) is 9.36 Å². The number of hydrogen-bond acceptors (Lipinski definition) is 5. The number of aromatic carboxylic acids is 1. The van der Waals surface area contributed by atoms with Gasteiger partial charge in [0.15, 0.2) is 0 Å². The Labute approximate surface area is 165 Å². The molecule has 4 rings (SSSR count). The molecule has 0 saturated carbocycles. The maximum absolute atomic E-state index is 13.9. The minimum Gasteiger partial charge on any atom is -0.477 e. The summed E-state index contributed by atoms with van der Waals surface area (Å²) in [4.78, 5) is 27.0. The highest BCUT2D eigenvalue weighted by atomic mass is 19.1. The summed E-state index contributed by atoms with van der Waals surface area (Å²) in [6, 6.07) is 12.4. The number of pyridine rings is 1. The van der Waals surface area contributed by atoms with Crippen LogP contribution in [0.25, 0.3) is 16.6 Å². The van der Waals surface area contributed by atoms with Gasteiger partial charge in [0.05, 0.1) is 17.1 Å². The van der Waals surface area contributed by atoms with E-state index >= 15 is 0 Å². The van der Waals surface area contributed by atoms with Gasteiger partial charge in [-0.25, -0.2) is 9.18 Å². The molecule has 3 aromatic rings. The first-order valence-electron chi connectivity index (χ1n) is 9.09. The van der Waals surface area contributed by atoms with Crippen molar-refractivity contribution in [3.63, 3.8) is 0 Å². The van der Waals surface area contributed by atoms with E-state index in [0.717, 1.165) is 6.07 Å². The Hall–Kier alpha value is -3.70. The lowest BCUT2D eigenvalue weighted by Crippen LogP contribution is -2.46. The lowest BCUT2D eigenvalue weighted by Gasteiger charge is -2.33. The van der Waals surface area contributed by atoms with Crippen molar-refractivity contribution in [1.29, 1.82) is 5.26 Å². The molecule has 1 saturated heterocycles. The van der Waals surface area contributed by atoms with Gasteiger partial charge in [0, 0.05) is 37.3 Å². The fourth-order valence-corrected chi connectivity index (χ4v) is 3.66. The van der Waals surface area contributed by atoms with E-state index < -0.39 is 22.8 Å². The number of hydrogen-bond donors (Lipinski definition) is 2. The third-order valence-corrected chi connectivity index (χ3v) is 4.99. The number of carboxylic acids is 1. The summed E-state index contributed by atoms with van der Waals surface area (Å²) in [6.45, 7) is 2.32. The first-order valence-corrected chi connectivity index (χ1v) is 9.09. The largest absolute Gasteiger partial charge is 0.477 e. The molecule has 0 amide bonds. The second-order valence-corrected chi connectivity index (χ2v) is 6.73. The fraction of sp³-hybridized carbons (Fsp3) is 0.190. The molecule has 29 heavy (non-hydrogen) atoms. The fourth-order valence-electron chi connectivity index (χ4n) is 3.66. The Balaban J connectivity index is 2.14. The quantitative estimate of drug-likeness (QED) is 0.708. The van der Waals surface area contributed by atoms with E-state index in [2.05, 4.69) is 5.32 Å². The number of nitrogens with zero attached hydrogens (tertiary/aromatic N) is 3. The second kappa shape index (κ2) is 7.37. The number of benzene rings is 2. The number of halogens is 1. The van der Waals surface area contributed by atoms with Crippen molar-refractivity contribution in [2.24, 2.45) is 0 Å². The van der Waals surface area contributed by atoms with E-state index in [9.17, 15) is 19.1 Å². The van der Waals surface area contributed by atoms with Crippen molar-refractivity contribution in [1.82, 2.24) is 9.88 Å². The number of carboxylic acid groups (broad SMARTS) is 1. The van der Waals surface area contributed by atoms with Crippen LogP contribution in [0.15, 0.2) is 47.3 Å². The first kappa shape index (κ1) is 18.7. The number of piperazine rings is 1. The van der Waals surface area contributed by atoms with E-state index in [0.29, 0.717) is 42.9 Å². The molecule has 0 bridgehead atoms. The molecular weight excluding hydrogens is 375 g/mol. The number of nitriles is 1. The maximum Gasteiger partial charge on any atom is 0.343 e. The molecule has 146 valence electrons. The molecule has 1 fully saturated rings. The Kier molecular flexibility index (Phi) is 4.74. The van der Waals surface area contributed by atoms with E-state index in [4.69, 9.17) is 5.26 Å². The maximum atomic E-state index is 13.9. The summed E-state index contributed by atoms with van der Waals surface area (Å²) >= 11 is 0. The number of fused-ring (bicyclic) bond motifs is 1. The van der Waals surface area contributed by atoms with Gasteiger partial charge in [-0.1, -0.05) is 0 Å². The van der Waals surface area contributed by atoms with Crippen LogP contribution in [0.1, 0.15) is 15.9 Å². The number of carbonyl (C=O) groups is 1. The van der Waals surface area contributed by atoms with Crippen molar-refractivity contribution < 1.29 is 14.3 Å². The van der Waals surface area contributed by atoms with Gasteiger partial charge in [-0.05, 0) is 42.5 Å². The van der Waals surface area contributed by atoms with Crippen LogP contribution in [0.2, 0.25) is 0 Å². The summed E-state index contributed by atoms with van der Waals surface area (Å²) < 4.78 is 15.5. The van der Waals surface area contributed by atoms with E-state index in [-0.39, 0.29) is 11.2 Å². The van der Waals surface area contributed by atoms with Crippen LogP contribution in [-0.4, -0.2) is 41.8 Å².